The van der Waals surface area contributed by atoms with E-state index in [0.29, 0.717) is 6.42 Å². The molecule has 0 atom stereocenters. The van der Waals surface area contributed by atoms with E-state index in [9.17, 15) is 4.79 Å². The Morgan fingerprint density at radius 2 is 1.55 bits per heavy atom. The van der Waals surface area contributed by atoms with E-state index in [1.165, 1.54) is 51.4 Å². The van der Waals surface area contributed by atoms with Crippen molar-refractivity contribution < 1.29 is 4.79 Å². The number of hydrogen-bond donors (Lipinski definition) is 2. The van der Waals surface area contributed by atoms with Gasteiger partial charge in [-0.3, -0.25) is 4.79 Å². The van der Waals surface area contributed by atoms with E-state index in [1.807, 2.05) is 30.5 Å². The molecule has 3 heteroatoms. The largest absolute Gasteiger partial charge is 0.348 e. The lowest BCUT2D eigenvalue weighted by molar-refractivity contribution is -0.120. The predicted molar refractivity (Wildman–Crippen MR) is 94.1 cm³/mol. The summed E-state index contributed by atoms with van der Waals surface area (Å²) in [4.78, 5) is 11.8. The van der Waals surface area contributed by atoms with Gasteiger partial charge in [-0.1, -0.05) is 76.9 Å². The minimum atomic E-state index is 0.0991. The SMILES string of the molecule is CCCCCCCCCCCCC(=O)NC1=CC=CC=CN1. The average Bonchev–Trinajstić information content (AvgIpc) is 2.78. The summed E-state index contributed by atoms with van der Waals surface area (Å²) < 4.78 is 0. The van der Waals surface area contributed by atoms with E-state index >= 15 is 0 Å². The number of carbonyl (C=O) groups is 1. The molecule has 0 saturated carbocycles. The fraction of sp³-hybridized carbons (Fsp3) is 0.632. The third kappa shape index (κ3) is 10.3. The molecule has 3 nitrogen and oxygen atoms in total. The minimum absolute atomic E-state index is 0.0991. The molecule has 1 aliphatic rings. The van der Waals surface area contributed by atoms with Gasteiger partial charge in [-0.25, -0.2) is 0 Å². The van der Waals surface area contributed by atoms with Gasteiger partial charge in [-0.05, 0) is 18.6 Å². The number of amides is 1. The van der Waals surface area contributed by atoms with Gasteiger partial charge in [0.25, 0.3) is 0 Å². The fourth-order valence-corrected chi connectivity index (χ4v) is 2.52. The van der Waals surface area contributed by atoms with E-state index in [1.54, 1.807) is 0 Å². The van der Waals surface area contributed by atoms with Gasteiger partial charge in [-0.2, -0.15) is 0 Å². The zero-order valence-corrected chi connectivity index (χ0v) is 14.1. The lowest BCUT2D eigenvalue weighted by atomic mass is 10.1. The third-order valence-electron chi connectivity index (χ3n) is 3.85. The lowest BCUT2D eigenvalue weighted by Crippen LogP contribution is -2.28. The van der Waals surface area contributed by atoms with E-state index in [0.717, 1.165) is 18.7 Å². The number of carbonyl (C=O) groups excluding carboxylic acids is 1. The molecule has 124 valence electrons. The van der Waals surface area contributed by atoms with Crippen LogP contribution >= 0.6 is 0 Å². The molecule has 1 aliphatic heterocycles. The van der Waals surface area contributed by atoms with Crippen molar-refractivity contribution in [3.8, 4) is 0 Å². The summed E-state index contributed by atoms with van der Waals surface area (Å²) in [6.45, 7) is 2.26. The highest BCUT2D eigenvalue weighted by molar-refractivity contribution is 5.77. The topological polar surface area (TPSA) is 41.1 Å². The Morgan fingerprint density at radius 3 is 2.23 bits per heavy atom. The van der Waals surface area contributed by atoms with Crippen LogP contribution in [0.25, 0.3) is 0 Å². The number of nitrogens with one attached hydrogen (secondary N) is 2. The second-order valence-corrected chi connectivity index (χ2v) is 5.95. The van der Waals surface area contributed by atoms with E-state index in [2.05, 4.69) is 17.6 Å². The first-order valence-electron chi connectivity index (χ1n) is 8.93. The second-order valence-electron chi connectivity index (χ2n) is 5.95. The molecule has 1 amide bonds. The lowest BCUT2D eigenvalue weighted by Gasteiger charge is -2.08. The van der Waals surface area contributed by atoms with Crippen LogP contribution in [0.2, 0.25) is 0 Å². The van der Waals surface area contributed by atoms with Gasteiger partial charge in [0.15, 0.2) is 0 Å². The number of unbranched alkanes of at least 4 members (excludes halogenated alkanes) is 9. The van der Waals surface area contributed by atoms with Crippen LogP contribution in [0, 0.1) is 0 Å². The van der Waals surface area contributed by atoms with Gasteiger partial charge in [-0.15, -0.1) is 0 Å². The van der Waals surface area contributed by atoms with E-state index in [4.69, 9.17) is 0 Å². The Balaban J connectivity index is 1.92. The normalized spacial score (nSPS) is 13.4. The maximum absolute atomic E-state index is 11.8. The van der Waals surface area contributed by atoms with Crippen molar-refractivity contribution in [3.63, 3.8) is 0 Å². The van der Waals surface area contributed by atoms with Crippen LogP contribution in [-0.2, 0) is 4.79 Å². The molecule has 0 bridgehead atoms. The molecule has 0 unspecified atom stereocenters. The quantitative estimate of drug-likeness (QED) is 0.502. The Kier molecular flexibility index (Phi) is 11.1. The number of rotatable bonds is 12. The van der Waals surface area contributed by atoms with Crippen LogP contribution in [0.15, 0.2) is 36.3 Å². The molecule has 0 aromatic heterocycles. The minimum Gasteiger partial charge on any atom is -0.348 e. The molecule has 22 heavy (non-hydrogen) atoms. The first-order valence-corrected chi connectivity index (χ1v) is 8.93. The van der Waals surface area contributed by atoms with Crippen LogP contribution in [-0.4, -0.2) is 5.91 Å². The van der Waals surface area contributed by atoms with Gasteiger partial charge in [0.1, 0.15) is 5.82 Å². The molecule has 1 heterocycles. The fourth-order valence-electron chi connectivity index (χ4n) is 2.52. The summed E-state index contributed by atoms with van der Waals surface area (Å²) in [5, 5.41) is 5.94. The zero-order valence-electron chi connectivity index (χ0n) is 14.1. The van der Waals surface area contributed by atoms with Gasteiger partial charge in [0, 0.05) is 12.6 Å². The van der Waals surface area contributed by atoms with Crippen molar-refractivity contribution in [2.75, 3.05) is 0 Å². The molecule has 0 spiro atoms. The monoisotopic (exact) mass is 304 g/mol. The highest BCUT2D eigenvalue weighted by atomic mass is 16.1. The summed E-state index contributed by atoms with van der Waals surface area (Å²) in [6.07, 6.45) is 23.0. The molecule has 0 radical (unpaired) electrons. The Bertz CT molecular complexity index is 383. The van der Waals surface area contributed by atoms with Gasteiger partial charge in [0.2, 0.25) is 5.91 Å². The molecular formula is C19H32N2O. The summed E-state index contributed by atoms with van der Waals surface area (Å²) in [7, 11) is 0. The van der Waals surface area contributed by atoms with Crippen LogP contribution in [0.1, 0.15) is 77.6 Å². The summed E-state index contributed by atoms with van der Waals surface area (Å²) >= 11 is 0. The molecular weight excluding hydrogens is 272 g/mol. The third-order valence-corrected chi connectivity index (χ3v) is 3.85. The molecule has 2 N–H and O–H groups in total. The highest BCUT2D eigenvalue weighted by Gasteiger charge is 2.03. The smallest absolute Gasteiger partial charge is 0.225 e. The molecule has 0 fully saturated rings. The van der Waals surface area contributed by atoms with Crippen molar-refractivity contribution in [1.82, 2.24) is 10.6 Å². The van der Waals surface area contributed by atoms with Crippen LogP contribution in [0.3, 0.4) is 0 Å². The second kappa shape index (κ2) is 13.2. The molecule has 0 aromatic rings. The number of allylic oxidation sites excluding steroid dienone is 4. The van der Waals surface area contributed by atoms with Crippen LogP contribution in [0.5, 0.6) is 0 Å². The van der Waals surface area contributed by atoms with Gasteiger partial charge >= 0.3 is 0 Å². The molecule has 0 aliphatic carbocycles. The molecule has 1 rings (SSSR count). The maximum atomic E-state index is 11.8. The van der Waals surface area contributed by atoms with Crippen molar-refractivity contribution in [3.05, 3.63) is 36.3 Å². The van der Waals surface area contributed by atoms with Crippen molar-refractivity contribution in [2.24, 2.45) is 0 Å². The Morgan fingerprint density at radius 1 is 0.909 bits per heavy atom. The Hall–Kier alpha value is -1.51. The average molecular weight is 304 g/mol. The van der Waals surface area contributed by atoms with Crippen molar-refractivity contribution in [2.45, 2.75) is 77.6 Å². The summed E-state index contributed by atoms with van der Waals surface area (Å²) in [5.74, 6) is 0.851. The predicted octanol–water partition coefficient (Wildman–Crippen LogP) is 4.93. The first-order chi connectivity index (χ1) is 10.8. The molecule has 0 aromatic carbocycles. The molecule has 0 saturated heterocycles. The zero-order chi connectivity index (χ0) is 15.9. The summed E-state index contributed by atoms with van der Waals surface area (Å²) in [6, 6.07) is 0. The van der Waals surface area contributed by atoms with Crippen LogP contribution in [0.4, 0.5) is 0 Å². The van der Waals surface area contributed by atoms with E-state index < -0.39 is 0 Å². The first kappa shape index (κ1) is 18.5. The van der Waals surface area contributed by atoms with Gasteiger partial charge in [0.05, 0.1) is 0 Å². The van der Waals surface area contributed by atoms with Crippen LogP contribution < -0.4 is 10.6 Å². The highest BCUT2D eigenvalue weighted by Crippen LogP contribution is 2.11. The Labute approximate surface area is 135 Å². The summed E-state index contributed by atoms with van der Waals surface area (Å²) in [5.41, 5.74) is 0. The van der Waals surface area contributed by atoms with E-state index in [-0.39, 0.29) is 5.91 Å². The number of hydrogen-bond acceptors (Lipinski definition) is 2. The standard InChI is InChI=1S/C19H32N2O/c1-2-3-4-5-6-7-8-9-10-13-16-19(22)21-18-15-12-11-14-17-20-18/h11-12,14-15,17,20H,2-10,13,16H2,1H3,(H,21,22). The maximum Gasteiger partial charge on any atom is 0.225 e. The van der Waals surface area contributed by atoms with Crippen molar-refractivity contribution >= 4 is 5.91 Å². The van der Waals surface area contributed by atoms with Gasteiger partial charge < -0.3 is 10.6 Å². The van der Waals surface area contributed by atoms with Crippen molar-refractivity contribution in [1.29, 1.82) is 0 Å².